The van der Waals surface area contributed by atoms with Crippen LogP contribution < -0.4 is 14.8 Å². The molecule has 0 aromatic heterocycles. The molecule has 1 N–H and O–H groups in total. The molecule has 0 bridgehead atoms. The van der Waals surface area contributed by atoms with Gasteiger partial charge < -0.3 is 14.8 Å². The third-order valence-electron chi connectivity index (χ3n) is 4.66. The summed E-state index contributed by atoms with van der Waals surface area (Å²) in [7, 11) is 1.73. The summed E-state index contributed by atoms with van der Waals surface area (Å²) in [5, 5.41) is 3.44. The molecule has 1 aromatic carbocycles. The third kappa shape index (κ3) is 3.37. The minimum Gasteiger partial charge on any atom is -0.493 e. The van der Waals surface area contributed by atoms with Crippen molar-refractivity contribution in [2.24, 2.45) is 0 Å². The maximum absolute atomic E-state index is 6.39. The molecule has 0 radical (unpaired) electrons. The zero-order valence-electron chi connectivity index (χ0n) is 12.7. The molecule has 1 heterocycles. The van der Waals surface area contributed by atoms with Crippen LogP contribution in [0.25, 0.3) is 0 Å². The van der Waals surface area contributed by atoms with E-state index in [0.29, 0.717) is 12.0 Å². The minimum absolute atomic E-state index is 0.355. The van der Waals surface area contributed by atoms with Crippen LogP contribution in [0.15, 0.2) is 16.6 Å². The maximum atomic E-state index is 6.39. The van der Waals surface area contributed by atoms with Gasteiger partial charge in [-0.3, -0.25) is 0 Å². The molecule has 0 spiro atoms. The summed E-state index contributed by atoms with van der Waals surface area (Å²) >= 11 is 3.74. The lowest BCUT2D eigenvalue weighted by Crippen LogP contribution is -2.27. The first-order valence-corrected chi connectivity index (χ1v) is 8.82. The van der Waals surface area contributed by atoms with E-state index in [2.05, 4.69) is 27.3 Å². The van der Waals surface area contributed by atoms with Crippen molar-refractivity contribution in [2.45, 2.75) is 50.5 Å². The maximum Gasteiger partial charge on any atom is 0.166 e. The summed E-state index contributed by atoms with van der Waals surface area (Å²) in [6, 6.07) is 4.11. The standard InChI is InChI=1S/C17H24BrNO2/c1-20-15-7-6-14(18)16(12-8-10-19-11-9-12)17(15)21-13-4-2-3-5-13/h6-7,12-13,19H,2-5,8-11H2,1H3. The van der Waals surface area contributed by atoms with Crippen molar-refractivity contribution in [1.29, 1.82) is 0 Å². The molecule has 1 aliphatic heterocycles. The lowest BCUT2D eigenvalue weighted by Gasteiger charge is -2.28. The molecule has 1 aromatic rings. The molecule has 1 aliphatic carbocycles. The van der Waals surface area contributed by atoms with Gasteiger partial charge in [0, 0.05) is 10.0 Å². The first-order valence-electron chi connectivity index (χ1n) is 8.03. The van der Waals surface area contributed by atoms with E-state index in [9.17, 15) is 0 Å². The number of piperidine rings is 1. The molecule has 1 saturated carbocycles. The van der Waals surface area contributed by atoms with Crippen molar-refractivity contribution in [3.8, 4) is 11.5 Å². The monoisotopic (exact) mass is 353 g/mol. The van der Waals surface area contributed by atoms with Crippen molar-refractivity contribution in [3.63, 3.8) is 0 Å². The number of hydrogen-bond donors (Lipinski definition) is 1. The number of ether oxygens (including phenoxy) is 2. The Kier molecular flexibility index (Phi) is 5.07. The average molecular weight is 354 g/mol. The van der Waals surface area contributed by atoms with Gasteiger partial charge >= 0.3 is 0 Å². The zero-order valence-corrected chi connectivity index (χ0v) is 14.2. The van der Waals surface area contributed by atoms with Gasteiger partial charge in [0.1, 0.15) is 0 Å². The molecule has 0 amide bonds. The lowest BCUT2D eigenvalue weighted by atomic mass is 9.89. The van der Waals surface area contributed by atoms with Gasteiger partial charge in [-0.25, -0.2) is 0 Å². The minimum atomic E-state index is 0.355. The van der Waals surface area contributed by atoms with E-state index in [-0.39, 0.29) is 0 Å². The number of halogens is 1. The number of nitrogens with one attached hydrogen (secondary N) is 1. The highest BCUT2D eigenvalue weighted by Crippen LogP contribution is 2.44. The van der Waals surface area contributed by atoms with Gasteiger partial charge in [-0.2, -0.15) is 0 Å². The predicted molar refractivity (Wildman–Crippen MR) is 88.4 cm³/mol. The fourth-order valence-corrected chi connectivity index (χ4v) is 4.14. The Bertz CT molecular complexity index is 480. The molecule has 0 unspecified atom stereocenters. The molecular formula is C17H24BrNO2. The summed E-state index contributed by atoms with van der Waals surface area (Å²) in [5.41, 5.74) is 1.31. The third-order valence-corrected chi connectivity index (χ3v) is 5.35. The van der Waals surface area contributed by atoms with Crippen LogP contribution in [-0.4, -0.2) is 26.3 Å². The van der Waals surface area contributed by atoms with Gasteiger partial charge in [-0.15, -0.1) is 0 Å². The second-order valence-corrected chi connectivity index (χ2v) is 6.90. The van der Waals surface area contributed by atoms with Gasteiger partial charge in [0.05, 0.1) is 13.2 Å². The normalized spacial score (nSPS) is 20.7. The Hall–Kier alpha value is -0.740. The fourth-order valence-electron chi connectivity index (χ4n) is 3.50. The van der Waals surface area contributed by atoms with Crippen LogP contribution in [0.2, 0.25) is 0 Å². The lowest BCUT2D eigenvalue weighted by molar-refractivity contribution is 0.196. The molecule has 0 atom stereocenters. The smallest absolute Gasteiger partial charge is 0.166 e. The van der Waals surface area contributed by atoms with Crippen molar-refractivity contribution in [3.05, 3.63) is 22.2 Å². The van der Waals surface area contributed by atoms with E-state index in [1.165, 1.54) is 31.2 Å². The van der Waals surface area contributed by atoms with Crippen LogP contribution in [0.1, 0.15) is 50.0 Å². The van der Waals surface area contributed by atoms with E-state index < -0.39 is 0 Å². The highest BCUT2D eigenvalue weighted by molar-refractivity contribution is 9.10. The second kappa shape index (κ2) is 7.01. The summed E-state index contributed by atoms with van der Waals surface area (Å²) in [6.45, 7) is 2.16. The topological polar surface area (TPSA) is 30.5 Å². The van der Waals surface area contributed by atoms with E-state index in [4.69, 9.17) is 9.47 Å². The van der Waals surface area contributed by atoms with E-state index in [1.54, 1.807) is 7.11 Å². The van der Waals surface area contributed by atoms with Crippen molar-refractivity contribution < 1.29 is 9.47 Å². The van der Waals surface area contributed by atoms with Crippen LogP contribution in [0.4, 0.5) is 0 Å². The van der Waals surface area contributed by atoms with E-state index in [1.807, 2.05) is 6.07 Å². The van der Waals surface area contributed by atoms with Gasteiger partial charge in [0.15, 0.2) is 11.5 Å². The van der Waals surface area contributed by atoms with E-state index in [0.717, 1.165) is 41.9 Å². The number of methoxy groups -OCH3 is 1. The van der Waals surface area contributed by atoms with Crippen LogP contribution in [0.3, 0.4) is 0 Å². The van der Waals surface area contributed by atoms with Gasteiger partial charge in [-0.1, -0.05) is 15.9 Å². The SMILES string of the molecule is COc1ccc(Br)c(C2CCNCC2)c1OC1CCCC1. The Balaban J connectivity index is 1.94. The molecule has 2 aliphatic rings. The summed E-state index contributed by atoms with van der Waals surface area (Å²) < 4.78 is 13.1. The predicted octanol–water partition coefficient (Wildman–Crippen LogP) is 4.25. The fraction of sp³-hybridized carbons (Fsp3) is 0.647. The molecule has 3 nitrogen and oxygen atoms in total. The largest absolute Gasteiger partial charge is 0.493 e. The average Bonchev–Trinajstić information content (AvgIpc) is 3.02. The molecule has 4 heteroatoms. The second-order valence-electron chi connectivity index (χ2n) is 6.04. The van der Waals surface area contributed by atoms with Crippen LogP contribution in [0, 0.1) is 0 Å². The van der Waals surface area contributed by atoms with Crippen molar-refractivity contribution in [2.75, 3.05) is 20.2 Å². The summed E-state index contributed by atoms with van der Waals surface area (Å²) in [6.07, 6.45) is 7.57. The Labute approximate surface area is 135 Å². The van der Waals surface area contributed by atoms with Crippen LogP contribution >= 0.6 is 15.9 Å². The highest BCUT2D eigenvalue weighted by atomic mass is 79.9. The van der Waals surface area contributed by atoms with Crippen molar-refractivity contribution in [1.82, 2.24) is 5.32 Å². The zero-order chi connectivity index (χ0) is 14.7. The first-order chi connectivity index (χ1) is 10.3. The number of rotatable bonds is 4. The molecule has 116 valence electrons. The van der Waals surface area contributed by atoms with Crippen molar-refractivity contribution >= 4 is 15.9 Å². The molecule has 1 saturated heterocycles. The van der Waals surface area contributed by atoms with Crippen LogP contribution in [0.5, 0.6) is 11.5 Å². The first kappa shape index (κ1) is 15.2. The number of benzene rings is 1. The molecular weight excluding hydrogens is 330 g/mol. The molecule has 3 rings (SSSR count). The van der Waals surface area contributed by atoms with Crippen LogP contribution in [-0.2, 0) is 0 Å². The molecule has 21 heavy (non-hydrogen) atoms. The Morgan fingerprint density at radius 2 is 1.81 bits per heavy atom. The van der Waals surface area contributed by atoms with Gasteiger partial charge in [-0.05, 0) is 69.7 Å². The molecule has 2 fully saturated rings. The summed E-state index contributed by atoms with van der Waals surface area (Å²) in [4.78, 5) is 0. The quantitative estimate of drug-likeness (QED) is 0.877. The Morgan fingerprint density at radius 1 is 1.10 bits per heavy atom. The van der Waals surface area contributed by atoms with E-state index >= 15 is 0 Å². The Morgan fingerprint density at radius 3 is 2.48 bits per heavy atom. The van der Waals surface area contributed by atoms with Gasteiger partial charge in [0.25, 0.3) is 0 Å². The summed E-state index contributed by atoms with van der Waals surface area (Å²) in [5.74, 6) is 2.40. The van der Waals surface area contributed by atoms with Gasteiger partial charge in [0.2, 0.25) is 0 Å². The number of hydrogen-bond acceptors (Lipinski definition) is 3. The highest BCUT2D eigenvalue weighted by Gasteiger charge is 2.27.